The maximum absolute atomic E-state index is 12.3. The van der Waals surface area contributed by atoms with Gasteiger partial charge in [-0.05, 0) is 19.4 Å². The van der Waals surface area contributed by atoms with Crippen LogP contribution in [0.2, 0.25) is 0 Å². The zero-order valence-corrected chi connectivity index (χ0v) is 6.77. The van der Waals surface area contributed by atoms with Crippen LogP contribution in [0.25, 0.3) is 0 Å². The van der Waals surface area contributed by atoms with E-state index in [0.29, 0.717) is 26.1 Å². The number of likely N-dealkylation sites (tertiary alicyclic amines) is 1. The van der Waals surface area contributed by atoms with Crippen LogP contribution in [0.4, 0.5) is 13.2 Å². The predicted octanol–water partition coefficient (Wildman–Crippen LogP) is 0.972. The fourth-order valence-corrected chi connectivity index (χ4v) is 1.63. The third-order valence-corrected chi connectivity index (χ3v) is 2.16. The summed E-state index contributed by atoms with van der Waals surface area (Å²) in [5, 5.41) is 0. The van der Waals surface area contributed by atoms with Crippen LogP contribution >= 0.6 is 0 Å². The predicted molar refractivity (Wildman–Crippen MR) is 39.7 cm³/mol. The first kappa shape index (κ1) is 9.80. The molecule has 0 aromatic carbocycles. The molecule has 1 saturated heterocycles. The SMILES string of the molecule is NCCN1CCC[C@H]1C(F)(F)F. The van der Waals surface area contributed by atoms with Crippen LogP contribution in [0.1, 0.15) is 12.8 Å². The quantitative estimate of drug-likeness (QED) is 0.689. The Kier molecular flexibility index (Phi) is 2.95. The molecule has 1 fully saturated rings. The van der Waals surface area contributed by atoms with E-state index in [2.05, 4.69) is 0 Å². The van der Waals surface area contributed by atoms with Crippen molar-refractivity contribution in [2.24, 2.45) is 5.73 Å². The Balaban J connectivity index is 2.52. The van der Waals surface area contributed by atoms with Crippen molar-refractivity contribution < 1.29 is 13.2 Å². The molecule has 0 saturated carbocycles. The van der Waals surface area contributed by atoms with Crippen LogP contribution in [0.5, 0.6) is 0 Å². The molecule has 0 radical (unpaired) electrons. The van der Waals surface area contributed by atoms with Gasteiger partial charge in [0.1, 0.15) is 6.04 Å². The van der Waals surface area contributed by atoms with Gasteiger partial charge in [-0.15, -0.1) is 0 Å². The lowest BCUT2D eigenvalue weighted by Gasteiger charge is -2.25. The van der Waals surface area contributed by atoms with Crippen molar-refractivity contribution in [2.45, 2.75) is 25.1 Å². The largest absolute Gasteiger partial charge is 0.404 e. The lowest BCUT2D eigenvalue weighted by Crippen LogP contribution is -2.43. The third-order valence-electron chi connectivity index (χ3n) is 2.16. The molecule has 2 N–H and O–H groups in total. The molecule has 0 spiro atoms. The van der Waals surface area contributed by atoms with Gasteiger partial charge in [0, 0.05) is 13.1 Å². The molecular formula is C7H13F3N2. The van der Waals surface area contributed by atoms with Crippen LogP contribution in [0.3, 0.4) is 0 Å². The number of rotatable bonds is 2. The third kappa shape index (κ3) is 2.10. The standard InChI is InChI=1S/C7H13F3N2/c8-7(9,10)6-2-1-4-12(6)5-3-11/h6H,1-5,11H2/t6-/m0/s1. The van der Waals surface area contributed by atoms with E-state index < -0.39 is 12.2 Å². The van der Waals surface area contributed by atoms with E-state index in [9.17, 15) is 13.2 Å². The van der Waals surface area contributed by atoms with Gasteiger partial charge in [-0.1, -0.05) is 0 Å². The van der Waals surface area contributed by atoms with Crippen LogP contribution in [0.15, 0.2) is 0 Å². The van der Waals surface area contributed by atoms with Gasteiger partial charge in [0.2, 0.25) is 0 Å². The monoisotopic (exact) mass is 182 g/mol. The first-order valence-electron chi connectivity index (χ1n) is 4.06. The summed E-state index contributed by atoms with van der Waals surface area (Å²) in [6.45, 7) is 1.18. The molecule has 1 aliphatic heterocycles. The number of halogens is 3. The molecule has 0 bridgehead atoms. The Bertz CT molecular complexity index is 146. The smallest absolute Gasteiger partial charge is 0.329 e. The van der Waals surface area contributed by atoms with E-state index in [1.54, 1.807) is 0 Å². The minimum absolute atomic E-state index is 0.226. The minimum atomic E-state index is -4.08. The zero-order valence-electron chi connectivity index (χ0n) is 6.77. The van der Waals surface area contributed by atoms with E-state index in [4.69, 9.17) is 5.73 Å². The minimum Gasteiger partial charge on any atom is -0.329 e. The lowest BCUT2D eigenvalue weighted by molar-refractivity contribution is -0.175. The van der Waals surface area contributed by atoms with Gasteiger partial charge in [-0.2, -0.15) is 13.2 Å². The van der Waals surface area contributed by atoms with Gasteiger partial charge in [0.25, 0.3) is 0 Å². The summed E-state index contributed by atoms with van der Waals surface area (Å²) in [5.41, 5.74) is 5.20. The normalized spacial score (nSPS) is 26.5. The lowest BCUT2D eigenvalue weighted by atomic mass is 10.2. The Morgan fingerprint density at radius 3 is 2.58 bits per heavy atom. The Morgan fingerprint density at radius 2 is 2.08 bits per heavy atom. The van der Waals surface area contributed by atoms with Gasteiger partial charge in [-0.25, -0.2) is 0 Å². The molecule has 1 aliphatic rings. The van der Waals surface area contributed by atoms with Crippen molar-refractivity contribution in [2.75, 3.05) is 19.6 Å². The second-order valence-corrected chi connectivity index (χ2v) is 3.02. The van der Waals surface area contributed by atoms with Crippen LogP contribution < -0.4 is 5.73 Å². The summed E-state index contributed by atoms with van der Waals surface area (Å²) in [5.74, 6) is 0. The molecule has 0 amide bonds. The van der Waals surface area contributed by atoms with Crippen LogP contribution in [0, 0.1) is 0 Å². The molecule has 0 aromatic heterocycles. The molecule has 12 heavy (non-hydrogen) atoms. The van der Waals surface area contributed by atoms with E-state index in [1.807, 2.05) is 0 Å². The molecule has 0 aliphatic carbocycles. The van der Waals surface area contributed by atoms with Crippen molar-refractivity contribution in [3.8, 4) is 0 Å². The van der Waals surface area contributed by atoms with Crippen LogP contribution in [-0.4, -0.2) is 36.8 Å². The zero-order chi connectivity index (χ0) is 9.19. The fourth-order valence-electron chi connectivity index (χ4n) is 1.63. The summed E-state index contributed by atoms with van der Waals surface area (Å²) >= 11 is 0. The number of alkyl halides is 3. The highest BCUT2D eigenvalue weighted by Crippen LogP contribution is 2.31. The molecule has 5 heteroatoms. The van der Waals surface area contributed by atoms with Crippen LogP contribution in [-0.2, 0) is 0 Å². The van der Waals surface area contributed by atoms with E-state index in [0.717, 1.165) is 0 Å². The summed E-state index contributed by atoms with van der Waals surface area (Å²) in [4.78, 5) is 1.42. The summed E-state index contributed by atoms with van der Waals surface area (Å²) in [7, 11) is 0. The maximum Gasteiger partial charge on any atom is 0.404 e. The van der Waals surface area contributed by atoms with Gasteiger partial charge in [0.05, 0.1) is 0 Å². The van der Waals surface area contributed by atoms with Gasteiger partial charge >= 0.3 is 6.18 Å². The van der Waals surface area contributed by atoms with Crippen molar-refractivity contribution >= 4 is 0 Å². The first-order valence-corrected chi connectivity index (χ1v) is 4.06. The van der Waals surface area contributed by atoms with E-state index >= 15 is 0 Å². The molecular weight excluding hydrogens is 169 g/mol. The summed E-state index contributed by atoms with van der Waals surface area (Å²) in [6.07, 6.45) is -3.22. The molecule has 1 heterocycles. The maximum atomic E-state index is 12.3. The highest BCUT2D eigenvalue weighted by Gasteiger charge is 2.45. The second kappa shape index (κ2) is 3.62. The molecule has 1 atom stereocenters. The molecule has 1 rings (SSSR count). The molecule has 0 unspecified atom stereocenters. The topological polar surface area (TPSA) is 29.3 Å². The van der Waals surface area contributed by atoms with Gasteiger partial charge < -0.3 is 5.73 Å². The number of hydrogen-bond acceptors (Lipinski definition) is 2. The number of nitrogens with zero attached hydrogens (tertiary/aromatic N) is 1. The highest BCUT2D eigenvalue weighted by atomic mass is 19.4. The Labute approximate surface area is 69.5 Å². The Morgan fingerprint density at radius 1 is 1.42 bits per heavy atom. The van der Waals surface area contributed by atoms with Crippen molar-refractivity contribution in [1.82, 2.24) is 4.90 Å². The number of nitrogens with two attached hydrogens (primary N) is 1. The summed E-state index contributed by atoms with van der Waals surface area (Å²) in [6, 6.07) is -1.25. The van der Waals surface area contributed by atoms with Crippen molar-refractivity contribution in [1.29, 1.82) is 0 Å². The Hall–Kier alpha value is -0.290. The number of hydrogen-bond donors (Lipinski definition) is 1. The average molecular weight is 182 g/mol. The fraction of sp³-hybridized carbons (Fsp3) is 1.00. The first-order chi connectivity index (χ1) is 5.55. The van der Waals surface area contributed by atoms with Crippen molar-refractivity contribution in [3.05, 3.63) is 0 Å². The van der Waals surface area contributed by atoms with Gasteiger partial charge in [-0.3, -0.25) is 4.90 Å². The van der Waals surface area contributed by atoms with Crippen molar-refractivity contribution in [3.63, 3.8) is 0 Å². The van der Waals surface area contributed by atoms with E-state index in [-0.39, 0.29) is 6.42 Å². The summed E-state index contributed by atoms with van der Waals surface area (Å²) < 4.78 is 36.8. The van der Waals surface area contributed by atoms with Gasteiger partial charge in [0.15, 0.2) is 0 Å². The average Bonchev–Trinajstić information content (AvgIpc) is 2.34. The van der Waals surface area contributed by atoms with E-state index in [1.165, 1.54) is 4.90 Å². The molecule has 2 nitrogen and oxygen atoms in total. The second-order valence-electron chi connectivity index (χ2n) is 3.02. The molecule has 0 aromatic rings. The molecule has 72 valence electrons. The highest BCUT2D eigenvalue weighted by molar-refractivity contribution is 4.84.